The summed E-state index contributed by atoms with van der Waals surface area (Å²) in [7, 11) is 0. The number of hydrogen-bond acceptors (Lipinski definition) is 4. The highest BCUT2D eigenvalue weighted by atomic mass is 35.5. The van der Waals surface area contributed by atoms with Gasteiger partial charge in [0.15, 0.2) is 17.5 Å². The summed E-state index contributed by atoms with van der Waals surface area (Å²) in [6, 6.07) is 3.54. The molecule has 0 bridgehead atoms. The van der Waals surface area contributed by atoms with E-state index < -0.39 is 5.82 Å². The molecule has 0 fully saturated rings. The van der Waals surface area contributed by atoms with E-state index in [2.05, 4.69) is 30.2 Å². The minimum absolute atomic E-state index is 0.0962. The predicted molar refractivity (Wildman–Crippen MR) is 86.2 cm³/mol. The van der Waals surface area contributed by atoms with Gasteiger partial charge in [-0.1, -0.05) is 11.6 Å². The number of fused-ring (bicyclic) bond motifs is 1. The van der Waals surface area contributed by atoms with E-state index in [-0.39, 0.29) is 5.82 Å². The Morgan fingerprint density at radius 3 is 2.91 bits per heavy atom. The number of hydrogen-bond donors (Lipinski definition) is 3. The van der Waals surface area contributed by atoms with Gasteiger partial charge in [-0.3, -0.25) is 0 Å². The number of aromatic nitrogens is 5. The van der Waals surface area contributed by atoms with E-state index in [1.54, 1.807) is 36.9 Å². The van der Waals surface area contributed by atoms with Crippen LogP contribution in [-0.4, -0.2) is 24.9 Å². The molecule has 4 aromatic heterocycles. The van der Waals surface area contributed by atoms with Gasteiger partial charge in [-0.05, 0) is 12.1 Å². The van der Waals surface area contributed by atoms with Crippen molar-refractivity contribution in [2.24, 2.45) is 0 Å². The smallest absolute Gasteiger partial charge is 0.184 e. The Bertz CT molecular complexity index is 979. The topological polar surface area (TPSA) is 82.3 Å². The Morgan fingerprint density at radius 2 is 2.09 bits per heavy atom. The number of pyridine rings is 1. The Morgan fingerprint density at radius 1 is 1.17 bits per heavy atom. The normalized spacial score (nSPS) is 11.0. The molecule has 0 saturated heterocycles. The first-order chi connectivity index (χ1) is 11.2. The van der Waals surface area contributed by atoms with Crippen molar-refractivity contribution in [1.29, 1.82) is 0 Å². The molecule has 0 atom stereocenters. The van der Waals surface area contributed by atoms with Crippen LogP contribution in [0.4, 0.5) is 15.9 Å². The molecule has 0 aliphatic heterocycles. The molecule has 8 heteroatoms. The summed E-state index contributed by atoms with van der Waals surface area (Å²) in [5.74, 6) is -0.0651. The lowest BCUT2D eigenvalue weighted by Gasteiger charge is -2.06. The fourth-order valence-electron chi connectivity index (χ4n) is 2.29. The van der Waals surface area contributed by atoms with Crippen molar-refractivity contribution in [2.45, 2.75) is 0 Å². The average molecular weight is 329 g/mol. The summed E-state index contributed by atoms with van der Waals surface area (Å²) in [4.78, 5) is 18.4. The minimum Gasteiger partial charge on any atom is -0.366 e. The molecule has 0 radical (unpaired) electrons. The van der Waals surface area contributed by atoms with Gasteiger partial charge in [-0.15, -0.1) is 0 Å². The van der Waals surface area contributed by atoms with E-state index >= 15 is 0 Å². The monoisotopic (exact) mass is 328 g/mol. The number of halogens is 2. The van der Waals surface area contributed by atoms with Crippen molar-refractivity contribution >= 4 is 34.1 Å². The van der Waals surface area contributed by atoms with Crippen LogP contribution in [0, 0.1) is 5.82 Å². The quantitative estimate of drug-likeness (QED) is 0.533. The van der Waals surface area contributed by atoms with Gasteiger partial charge in [0.25, 0.3) is 0 Å². The molecule has 4 heterocycles. The molecule has 0 unspecified atom stereocenters. The van der Waals surface area contributed by atoms with Crippen LogP contribution >= 0.6 is 11.6 Å². The first-order valence-corrected chi connectivity index (χ1v) is 7.14. The Hall–Kier alpha value is -2.93. The van der Waals surface area contributed by atoms with Crippen LogP contribution in [0.3, 0.4) is 0 Å². The van der Waals surface area contributed by atoms with Crippen LogP contribution in [0.2, 0.25) is 5.02 Å². The van der Waals surface area contributed by atoms with E-state index in [4.69, 9.17) is 11.6 Å². The van der Waals surface area contributed by atoms with Crippen molar-refractivity contribution in [3.63, 3.8) is 0 Å². The van der Waals surface area contributed by atoms with Gasteiger partial charge in [-0.25, -0.2) is 19.3 Å². The van der Waals surface area contributed by atoms with E-state index in [0.717, 1.165) is 11.6 Å². The van der Waals surface area contributed by atoms with Gasteiger partial charge in [0, 0.05) is 35.7 Å². The van der Waals surface area contributed by atoms with Crippen LogP contribution in [0.15, 0.2) is 43.1 Å². The van der Waals surface area contributed by atoms with Crippen molar-refractivity contribution in [3.8, 4) is 11.4 Å². The fourth-order valence-corrected chi connectivity index (χ4v) is 2.44. The summed E-state index contributed by atoms with van der Waals surface area (Å²) < 4.78 is 13.9. The first kappa shape index (κ1) is 13.7. The summed E-state index contributed by atoms with van der Waals surface area (Å²) in [6.45, 7) is 0. The molecule has 6 nitrogen and oxygen atoms in total. The summed E-state index contributed by atoms with van der Waals surface area (Å²) >= 11 is 5.99. The van der Waals surface area contributed by atoms with Crippen molar-refractivity contribution < 1.29 is 4.39 Å². The molecule has 0 spiro atoms. The molecule has 23 heavy (non-hydrogen) atoms. The maximum atomic E-state index is 13.9. The van der Waals surface area contributed by atoms with E-state index in [9.17, 15) is 4.39 Å². The molecule has 0 aliphatic carbocycles. The van der Waals surface area contributed by atoms with Crippen LogP contribution in [0.5, 0.6) is 0 Å². The number of aromatic amines is 2. The van der Waals surface area contributed by atoms with E-state index in [1.807, 2.05) is 0 Å². The Labute approximate surface area is 134 Å². The average Bonchev–Trinajstić information content (AvgIpc) is 3.19. The molecule has 4 rings (SSSR count). The molecular weight excluding hydrogens is 319 g/mol. The number of nitrogens with zero attached hydrogens (tertiary/aromatic N) is 3. The molecule has 3 N–H and O–H groups in total. The van der Waals surface area contributed by atoms with E-state index in [1.165, 1.54) is 0 Å². The molecule has 114 valence electrons. The molecule has 4 aromatic rings. The largest absolute Gasteiger partial charge is 0.366 e. The van der Waals surface area contributed by atoms with Gasteiger partial charge in [-0.2, -0.15) is 0 Å². The molecule has 0 aromatic carbocycles. The molecule has 0 aliphatic rings. The third kappa shape index (κ3) is 2.51. The van der Waals surface area contributed by atoms with Gasteiger partial charge in [0.05, 0.1) is 16.9 Å². The van der Waals surface area contributed by atoms with Crippen LogP contribution < -0.4 is 5.32 Å². The van der Waals surface area contributed by atoms with Gasteiger partial charge in [0.1, 0.15) is 5.65 Å². The zero-order valence-corrected chi connectivity index (χ0v) is 12.4. The van der Waals surface area contributed by atoms with Crippen LogP contribution in [0.1, 0.15) is 0 Å². The highest BCUT2D eigenvalue weighted by Gasteiger charge is 2.13. The molecular formula is C15H10ClFN6. The third-order valence-corrected chi connectivity index (χ3v) is 3.55. The third-order valence-electron chi connectivity index (χ3n) is 3.34. The van der Waals surface area contributed by atoms with Crippen molar-refractivity contribution in [2.75, 3.05) is 5.32 Å². The summed E-state index contributed by atoms with van der Waals surface area (Å²) in [6.07, 6.45) is 7.84. The molecule has 0 saturated carbocycles. The fraction of sp³-hybridized carbons (Fsp3) is 0. The van der Waals surface area contributed by atoms with Crippen LogP contribution in [-0.2, 0) is 0 Å². The highest BCUT2D eigenvalue weighted by Crippen LogP contribution is 2.28. The second-order valence-electron chi connectivity index (χ2n) is 4.87. The Kier molecular flexibility index (Phi) is 3.20. The zero-order valence-electron chi connectivity index (χ0n) is 11.6. The number of H-pyrrole nitrogens is 2. The van der Waals surface area contributed by atoms with Crippen molar-refractivity contribution in [3.05, 3.63) is 54.0 Å². The highest BCUT2D eigenvalue weighted by molar-refractivity contribution is 6.31. The SMILES string of the molecule is Fc1cnc(-c2c[nH]c3ncc(Cl)cc23)nc1Nc1cc[nH]c1. The minimum atomic E-state index is -0.536. The van der Waals surface area contributed by atoms with Crippen LogP contribution in [0.25, 0.3) is 22.4 Å². The number of rotatable bonds is 3. The van der Waals surface area contributed by atoms with Gasteiger partial charge >= 0.3 is 0 Å². The van der Waals surface area contributed by atoms with Gasteiger partial charge in [0.2, 0.25) is 0 Å². The summed E-state index contributed by atoms with van der Waals surface area (Å²) in [5.41, 5.74) is 2.07. The van der Waals surface area contributed by atoms with E-state index in [0.29, 0.717) is 27.7 Å². The maximum Gasteiger partial charge on any atom is 0.184 e. The van der Waals surface area contributed by atoms with Gasteiger partial charge < -0.3 is 15.3 Å². The zero-order chi connectivity index (χ0) is 15.8. The predicted octanol–water partition coefficient (Wildman–Crippen LogP) is 3.88. The second kappa shape index (κ2) is 5.36. The first-order valence-electron chi connectivity index (χ1n) is 6.76. The lowest BCUT2D eigenvalue weighted by atomic mass is 10.2. The second-order valence-corrected chi connectivity index (χ2v) is 5.30. The van der Waals surface area contributed by atoms with Crippen molar-refractivity contribution in [1.82, 2.24) is 24.9 Å². The molecule has 0 amide bonds. The maximum absolute atomic E-state index is 13.9. The number of nitrogens with one attached hydrogen (secondary N) is 3. The standard InChI is InChI=1S/C15H10ClFN6/c16-8-3-10-11(6-20-13(10)19-4-8)14-21-7-12(17)15(23-14)22-9-1-2-18-5-9/h1-7,18H,(H,19,20)(H,21,22,23). The lowest BCUT2D eigenvalue weighted by Crippen LogP contribution is -1.99. The lowest BCUT2D eigenvalue weighted by molar-refractivity contribution is 0.619. The number of anilines is 2. The summed E-state index contributed by atoms with van der Waals surface area (Å²) in [5, 5.41) is 4.19. The Balaban J connectivity index is 1.80.